The minimum Gasteiger partial charge on any atom is -0.393 e. The number of carbonyl (C=O) groups excluding carboxylic acids is 1. The predicted molar refractivity (Wildman–Crippen MR) is 86.2 cm³/mol. The summed E-state index contributed by atoms with van der Waals surface area (Å²) in [4.78, 5) is 14.4. The van der Waals surface area contributed by atoms with Crippen molar-refractivity contribution < 1.29 is 9.90 Å². The predicted octanol–water partition coefficient (Wildman–Crippen LogP) is 2.31. The molecule has 3 rings (SSSR count). The highest BCUT2D eigenvalue weighted by molar-refractivity contribution is 5.95. The van der Waals surface area contributed by atoms with E-state index in [1.165, 1.54) is 5.56 Å². The van der Waals surface area contributed by atoms with E-state index in [-0.39, 0.29) is 24.4 Å². The van der Waals surface area contributed by atoms with E-state index in [9.17, 15) is 9.90 Å². The number of likely N-dealkylation sites (tertiary alicyclic amines) is 1. The van der Waals surface area contributed by atoms with Crippen LogP contribution in [0.15, 0.2) is 18.2 Å². The van der Waals surface area contributed by atoms with Crippen molar-refractivity contribution in [2.75, 3.05) is 25.0 Å². The number of piperidine rings is 1. The average molecular weight is 311 g/mol. The maximum absolute atomic E-state index is 12.5. The normalized spacial score (nSPS) is 19.4. The van der Waals surface area contributed by atoms with Gasteiger partial charge in [0.25, 0.3) is 5.91 Å². The van der Waals surface area contributed by atoms with E-state index in [1.54, 1.807) is 0 Å². The van der Waals surface area contributed by atoms with Gasteiger partial charge in [-0.1, -0.05) is 0 Å². The van der Waals surface area contributed by atoms with E-state index in [1.807, 2.05) is 30.0 Å². The number of anilines is 1. The van der Waals surface area contributed by atoms with Crippen molar-refractivity contribution in [3.05, 3.63) is 29.3 Å². The lowest BCUT2D eigenvalue weighted by Gasteiger charge is -2.33. The molecule has 0 bridgehead atoms. The van der Waals surface area contributed by atoms with Crippen LogP contribution >= 0.6 is 12.4 Å². The van der Waals surface area contributed by atoms with E-state index < -0.39 is 0 Å². The van der Waals surface area contributed by atoms with Gasteiger partial charge in [-0.2, -0.15) is 0 Å². The quantitative estimate of drug-likeness (QED) is 0.881. The Bertz CT molecular complexity index is 511. The number of aliphatic hydroxyl groups is 1. The lowest BCUT2D eigenvalue weighted by molar-refractivity contribution is 0.0521. The molecule has 4 nitrogen and oxygen atoms in total. The van der Waals surface area contributed by atoms with Gasteiger partial charge in [-0.3, -0.25) is 4.79 Å². The molecule has 0 aromatic heterocycles. The molecule has 2 N–H and O–H groups in total. The standard InChI is InChI=1S/C16H22N2O2.ClH/c1-11(19)12-5-8-18(9-6-12)16(20)14-2-3-15-13(10-14)4-7-17-15;/h2-3,10-12,17,19H,4-9H2,1H3;1H. The van der Waals surface area contributed by atoms with Crippen LogP contribution in [0, 0.1) is 5.92 Å². The van der Waals surface area contributed by atoms with Crippen LogP contribution in [0.1, 0.15) is 35.7 Å². The van der Waals surface area contributed by atoms with Gasteiger partial charge in [-0.05, 0) is 55.9 Å². The molecule has 21 heavy (non-hydrogen) atoms. The van der Waals surface area contributed by atoms with E-state index >= 15 is 0 Å². The van der Waals surface area contributed by atoms with Gasteiger partial charge in [-0.25, -0.2) is 0 Å². The largest absolute Gasteiger partial charge is 0.393 e. The van der Waals surface area contributed by atoms with Crippen LogP contribution < -0.4 is 5.32 Å². The number of fused-ring (bicyclic) bond motifs is 1. The first-order valence-electron chi connectivity index (χ1n) is 7.49. The van der Waals surface area contributed by atoms with Gasteiger partial charge in [-0.15, -0.1) is 12.4 Å². The van der Waals surface area contributed by atoms with Crippen molar-refractivity contribution in [1.82, 2.24) is 4.90 Å². The number of aliphatic hydroxyl groups excluding tert-OH is 1. The van der Waals surface area contributed by atoms with Crippen LogP contribution in [-0.2, 0) is 6.42 Å². The second-order valence-corrected chi connectivity index (χ2v) is 5.92. The summed E-state index contributed by atoms with van der Waals surface area (Å²) in [6.07, 6.45) is 2.53. The molecule has 1 aromatic carbocycles. The highest BCUT2D eigenvalue weighted by Crippen LogP contribution is 2.25. The molecule has 1 aromatic rings. The SMILES string of the molecule is CC(O)C1CCN(C(=O)c2ccc3c(c2)CCN3)CC1.Cl. The summed E-state index contributed by atoms with van der Waals surface area (Å²) in [7, 11) is 0. The molecule has 2 aliphatic rings. The number of amides is 1. The summed E-state index contributed by atoms with van der Waals surface area (Å²) in [5.41, 5.74) is 3.20. The summed E-state index contributed by atoms with van der Waals surface area (Å²) in [5, 5.41) is 12.9. The zero-order valence-corrected chi connectivity index (χ0v) is 13.2. The highest BCUT2D eigenvalue weighted by Gasteiger charge is 2.26. The van der Waals surface area contributed by atoms with Crippen LogP contribution in [0.4, 0.5) is 5.69 Å². The summed E-state index contributed by atoms with van der Waals surface area (Å²) in [5.74, 6) is 0.465. The summed E-state index contributed by atoms with van der Waals surface area (Å²) >= 11 is 0. The molecular weight excluding hydrogens is 288 g/mol. The summed E-state index contributed by atoms with van der Waals surface area (Å²) < 4.78 is 0. The second-order valence-electron chi connectivity index (χ2n) is 5.92. The fraction of sp³-hybridized carbons (Fsp3) is 0.562. The molecular formula is C16H23ClN2O2. The number of hydrogen-bond donors (Lipinski definition) is 2. The molecule has 1 atom stereocenters. The molecule has 0 spiro atoms. The van der Waals surface area contributed by atoms with Gasteiger partial charge in [0.15, 0.2) is 0 Å². The topological polar surface area (TPSA) is 52.6 Å². The number of carbonyl (C=O) groups is 1. The van der Waals surface area contributed by atoms with Crippen LogP contribution in [0.3, 0.4) is 0 Å². The molecule has 116 valence electrons. The minimum atomic E-state index is -0.265. The number of nitrogens with one attached hydrogen (secondary N) is 1. The van der Waals surface area contributed by atoms with Crippen molar-refractivity contribution in [2.45, 2.75) is 32.3 Å². The third kappa shape index (κ3) is 3.33. The summed E-state index contributed by atoms with van der Waals surface area (Å²) in [6, 6.07) is 5.96. The Labute approximate surface area is 131 Å². The molecule has 0 radical (unpaired) electrons. The molecule has 2 aliphatic heterocycles. The van der Waals surface area contributed by atoms with Gasteiger partial charge in [0.05, 0.1) is 6.10 Å². The molecule has 1 amide bonds. The van der Waals surface area contributed by atoms with Crippen molar-refractivity contribution >= 4 is 24.0 Å². The number of rotatable bonds is 2. The van der Waals surface area contributed by atoms with E-state index in [2.05, 4.69) is 5.32 Å². The Hall–Kier alpha value is -1.26. The lowest BCUT2D eigenvalue weighted by Crippen LogP contribution is -2.40. The smallest absolute Gasteiger partial charge is 0.253 e. The van der Waals surface area contributed by atoms with Crippen LogP contribution in [0.5, 0.6) is 0 Å². The maximum Gasteiger partial charge on any atom is 0.253 e. The van der Waals surface area contributed by atoms with Crippen molar-refractivity contribution in [3.63, 3.8) is 0 Å². The fourth-order valence-corrected chi connectivity index (χ4v) is 3.21. The van der Waals surface area contributed by atoms with Gasteiger partial charge >= 0.3 is 0 Å². The molecule has 1 saturated heterocycles. The van der Waals surface area contributed by atoms with Crippen molar-refractivity contribution in [2.24, 2.45) is 5.92 Å². The minimum absolute atomic E-state index is 0. The second kappa shape index (κ2) is 6.67. The lowest BCUT2D eigenvalue weighted by atomic mass is 9.92. The summed E-state index contributed by atoms with van der Waals surface area (Å²) in [6.45, 7) is 4.32. The third-order valence-electron chi connectivity index (χ3n) is 4.57. The molecule has 0 saturated carbocycles. The number of benzene rings is 1. The molecule has 1 unspecified atom stereocenters. The number of hydrogen-bond acceptors (Lipinski definition) is 3. The number of halogens is 1. The van der Waals surface area contributed by atoms with E-state index in [0.29, 0.717) is 5.92 Å². The first-order chi connectivity index (χ1) is 9.65. The van der Waals surface area contributed by atoms with E-state index in [4.69, 9.17) is 0 Å². The molecule has 1 fully saturated rings. The average Bonchev–Trinajstić information content (AvgIpc) is 2.94. The first kappa shape index (κ1) is 16.1. The molecule has 5 heteroatoms. The van der Waals surface area contributed by atoms with Crippen LogP contribution in [-0.4, -0.2) is 41.7 Å². The van der Waals surface area contributed by atoms with Gasteiger partial charge < -0.3 is 15.3 Å². The fourth-order valence-electron chi connectivity index (χ4n) is 3.21. The zero-order chi connectivity index (χ0) is 14.1. The number of nitrogens with zero attached hydrogens (tertiary/aromatic N) is 1. The Morgan fingerprint density at radius 1 is 1.38 bits per heavy atom. The van der Waals surface area contributed by atoms with Crippen molar-refractivity contribution in [1.29, 1.82) is 0 Å². The van der Waals surface area contributed by atoms with Gasteiger partial charge in [0.1, 0.15) is 0 Å². The maximum atomic E-state index is 12.5. The van der Waals surface area contributed by atoms with Crippen molar-refractivity contribution in [3.8, 4) is 0 Å². The molecule has 0 aliphatic carbocycles. The first-order valence-corrected chi connectivity index (χ1v) is 7.49. The Balaban J connectivity index is 0.00000161. The Morgan fingerprint density at radius 2 is 2.10 bits per heavy atom. The van der Waals surface area contributed by atoms with E-state index in [0.717, 1.165) is 50.1 Å². The Morgan fingerprint density at radius 3 is 2.76 bits per heavy atom. The zero-order valence-electron chi connectivity index (χ0n) is 12.3. The monoisotopic (exact) mass is 310 g/mol. The Kier molecular flexibility index (Phi) is 5.12. The van der Waals surface area contributed by atoms with Gasteiger partial charge in [0, 0.05) is 30.9 Å². The van der Waals surface area contributed by atoms with Crippen LogP contribution in [0.25, 0.3) is 0 Å². The highest BCUT2D eigenvalue weighted by atomic mass is 35.5. The third-order valence-corrected chi connectivity index (χ3v) is 4.57. The van der Waals surface area contributed by atoms with Gasteiger partial charge in [0.2, 0.25) is 0 Å². The molecule has 2 heterocycles. The van der Waals surface area contributed by atoms with Crippen LogP contribution in [0.2, 0.25) is 0 Å².